The van der Waals surface area contributed by atoms with E-state index in [1.807, 2.05) is 48.5 Å². The smallest absolute Gasteiger partial charge is 0.186 e. The van der Waals surface area contributed by atoms with Gasteiger partial charge in [-0.15, -0.1) is 11.8 Å². The molecule has 1 nitrogen and oxygen atoms in total. The fraction of sp³-hybridized carbons (Fsp3) is 0.211. The summed E-state index contributed by atoms with van der Waals surface area (Å²) in [6.07, 6.45) is 4.10. The molecule has 0 bridgehead atoms. The first-order chi connectivity index (χ1) is 10.3. The Balaban J connectivity index is 2.22. The van der Waals surface area contributed by atoms with E-state index in [-0.39, 0.29) is 5.78 Å². The average Bonchev–Trinajstić information content (AvgIpc) is 2.55. The van der Waals surface area contributed by atoms with Crippen LogP contribution < -0.4 is 0 Å². The number of benzene rings is 2. The van der Waals surface area contributed by atoms with Gasteiger partial charge in [-0.2, -0.15) is 0 Å². The standard InChI is InChI=1S/C19H20OS/c1-2-3-14-21-19(17-12-8-5-9-13-17)15-18(20)16-10-6-4-7-11-16/h4-13,15H,2-3,14H2,1H3/b19-15+. The van der Waals surface area contributed by atoms with E-state index in [9.17, 15) is 4.79 Å². The molecule has 0 atom stereocenters. The molecule has 0 unspecified atom stereocenters. The molecular formula is C19H20OS. The van der Waals surface area contributed by atoms with Crippen LogP contribution in [0.25, 0.3) is 4.91 Å². The van der Waals surface area contributed by atoms with Crippen LogP contribution in [-0.4, -0.2) is 11.5 Å². The summed E-state index contributed by atoms with van der Waals surface area (Å²) in [6.45, 7) is 2.18. The third kappa shape index (κ3) is 4.91. The van der Waals surface area contributed by atoms with Crippen LogP contribution in [-0.2, 0) is 0 Å². The monoisotopic (exact) mass is 296 g/mol. The molecule has 2 rings (SSSR count). The number of ketones is 1. The fourth-order valence-electron chi connectivity index (χ4n) is 1.94. The molecule has 0 N–H and O–H groups in total. The van der Waals surface area contributed by atoms with Crippen molar-refractivity contribution in [2.24, 2.45) is 0 Å². The molecule has 0 saturated carbocycles. The first kappa shape index (κ1) is 15.6. The first-order valence-corrected chi connectivity index (χ1v) is 8.29. The number of carbonyl (C=O) groups is 1. The minimum atomic E-state index is 0.0680. The molecule has 0 saturated heterocycles. The Labute approximate surface area is 131 Å². The number of rotatable bonds is 7. The van der Waals surface area contributed by atoms with E-state index in [2.05, 4.69) is 19.1 Å². The summed E-state index contributed by atoms with van der Waals surface area (Å²) in [5.74, 6) is 1.11. The van der Waals surface area contributed by atoms with Gasteiger partial charge >= 0.3 is 0 Å². The predicted molar refractivity (Wildman–Crippen MR) is 92.6 cm³/mol. The van der Waals surface area contributed by atoms with Crippen LogP contribution in [0.4, 0.5) is 0 Å². The molecule has 0 aliphatic heterocycles. The number of carbonyl (C=O) groups excluding carboxylic acids is 1. The van der Waals surface area contributed by atoms with Crippen molar-refractivity contribution in [2.75, 3.05) is 5.75 Å². The van der Waals surface area contributed by atoms with Crippen LogP contribution in [0.3, 0.4) is 0 Å². The van der Waals surface area contributed by atoms with E-state index in [0.29, 0.717) is 0 Å². The van der Waals surface area contributed by atoms with Gasteiger partial charge in [0.25, 0.3) is 0 Å². The quantitative estimate of drug-likeness (QED) is 0.384. The molecule has 2 aromatic rings. The molecular weight excluding hydrogens is 276 g/mol. The van der Waals surface area contributed by atoms with Gasteiger partial charge < -0.3 is 0 Å². The zero-order valence-corrected chi connectivity index (χ0v) is 13.1. The summed E-state index contributed by atoms with van der Waals surface area (Å²) >= 11 is 1.76. The average molecular weight is 296 g/mol. The molecule has 108 valence electrons. The van der Waals surface area contributed by atoms with Crippen molar-refractivity contribution in [1.29, 1.82) is 0 Å². The summed E-state index contributed by atoms with van der Waals surface area (Å²) in [6, 6.07) is 19.6. The molecule has 21 heavy (non-hydrogen) atoms. The summed E-state index contributed by atoms with van der Waals surface area (Å²) < 4.78 is 0. The Kier molecular flexibility index (Phi) is 6.29. The van der Waals surface area contributed by atoms with Gasteiger partial charge in [0, 0.05) is 16.5 Å². The lowest BCUT2D eigenvalue weighted by Gasteiger charge is -2.07. The van der Waals surface area contributed by atoms with Crippen molar-refractivity contribution in [3.8, 4) is 0 Å². The summed E-state index contributed by atoms with van der Waals surface area (Å²) in [5.41, 5.74) is 1.85. The van der Waals surface area contributed by atoms with Gasteiger partial charge in [0.05, 0.1) is 0 Å². The van der Waals surface area contributed by atoms with E-state index in [4.69, 9.17) is 0 Å². The number of allylic oxidation sites excluding steroid dienone is 1. The topological polar surface area (TPSA) is 17.1 Å². The Bertz CT molecular complexity index is 587. The normalized spacial score (nSPS) is 11.4. The van der Waals surface area contributed by atoms with Crippen molar-refractivity contribution in [3.05, 3.63) is 77.9 Å². The lowest BCUT2D eigenvalue weighted by molar-refractivity contribution is 0.104. The van der Waals surface area contributed by atoms with Crippen molar-refractivity contribution in [2.45, 2.75) is 19.8 Å². The lowest BCUT2D eigenvalue weighted by Crippen LogP contribution is -1.95. The predicted octanol–water partition coefficient (Wildman–Crippen LogP) is 5.44. The lowest BCUT2D eigenvalue weighted by atomic mass is 10.1. The van der Waals surface area contributed by atoms with Gasteiger partial charge in [-0.1, -0.05) is 74.0 Å². The van der Waals surface area contributed by atoms with Gasteiger partial charge in [-0.25, -0.2) is 0 Å². The first-order valence-electron chi connectivity index (χ1n) is 7.30. The molecule has 0 radical (unpaired) electrons. The highest BCUT2D eigenvalue weighted by atomic mass is 32.2. The third-order valence-electron chi connectivity index (χ3n) is 3.13. The van der Waals surface area contributed by atoms with Crippen LogP contribution >= 0.6 is 11.8 Å². The maximum atomic E-state index is 12.4. The summed E-state index contributed by atoms with van der Waals surface area (Å²) in [5, 5.41) is 0. The van der Waals surface area contributed by atoms with Crippen molar-refractivity contribution in [3.63, 3.8) is 0 Å². The van der Waals surface area contributed by atoms with E-state index in [0.717, 1.165) is 28.2 Å². The van der Waals surface area contributed by atoms with Crippen LogP contribution in [0.2, 0.25) is 0 Å². The molecule has 0 aromatic heterocycles. The minimum absolute atomic E-state index is 0.0680. The van der Waals surface area contributed by atoms with Crippen LogP contribution in [0, 0.1) is 0 Å². The number of unbranched alkanes of at least 4 members (excludes halogenated alkanes) is 1. The zero-order chi connectivity index (χ0) is 14.9. The molecule has 0 aliphatic rings. The van der Waals surface area contributed by atoms with E-state index in [1.165, 1.54) is 6.42 Å². The second kappa shape index (κ2) is 8.48. The van der Waals surface area contributed by atoms with E-state index >= 15 is 0 Å². The largest absolute Gasteiger partial charge is 0.289 e. The maximum Gasteiger partial charge on any atom is 0.186 e. The molecule has 0 fully saturated rings. The zero-order valence-electron chi connectivity index (χ0n) is 12.3. The van der Waals surface area contributed by atoms with Gasteiger partial charge in [0.1, 0.15) is 0 Å². The van der Waals surface area contributed by atoms with Crippen LogP contribution in [0.15, 0.2) is 66.7 Å². The van der Waals surface area contributed by atoms with Crippen molar-refractivity contribution in [1.82, 2.24) is 0 Å². The second-order valence-electron chi connectivity index (χ2n) is 4.81. The highest BCUT2D eigenvalue weighted by Crippen LogP contribution is 2.28. The minimum Gasteiger partial charge on any atom is -0.289 e. The number of hydrogen-bond donors (Lipinski definition) is 0. The van der Waals surface area contributed by atoms with Crippen LogP contribution in [0.5, 0.6) is 0 Å². The third-order valence-corrected chi connectivity index (χ3v) is 4.29. The molecule has 2 heteroatoms. The Morgan fingerprint density at radius 3 is 2.10 bits per heavy atom. The SMILES string of the molecule is CCCCS/C(=C/C(=O)c1ccccc1)c1ccccc1. The van der Waals surface area contributed by atoms with Gasteiger partial charge in [0.15, 0.2) is 5.78 Å². The summed E-state index contributed by atoms with van der Waals surface area (Å²) in [7, 11) is 0. The van der Waals surface area contributed by atoms with E-state index < -0.39 is 0 Å². The Hall–Kier alpha value is -1.80. The van der Waals surface area contributed by atoms with Gasteiger partial charge in [-0.3, -0.25) is 4.79 Å². The van der Waals surface area contributed by atoms with E-state index in [1.54, 1.807) is 17.8 Å². The Morgan fingerprint density at radius 2 is 1.52 bits per heavy atom. The van der Waals surface area contributed by atoms with Crippen molar-refractivity contribution >= 4 is 22.5 Å². The second-order valence-corrected chi connectivity index (χ2v) is 5.94. The van der Waals surface area contributed by atoms with Gasteiger partial charge in [0.2, 0.25) is 0 Å². The Morgan fingerprint density at radius 1 is 0.952 bits per heavy atom. The molecule has 0 amide bonds. The highest BCUT2D eigenvalue weighted by Gasteiger charge is 2.07. The van der Waals surface area contributed by atoms with Crippen molar-refractivity contribution < 1.29 is 4.79 Å². The summed E-state index contributed by atoms with van der Waals surface area (Å²) in [4.78, 5) is 13.4. The maximum absolute atomic E-state index is 12.4. The molecule has 2 aromatic carbocycles. The highest BCUT2D eigenvalue weighted by molar-refractivity contribution is 8.08. The fourth-order valence-corrected chi connectivity index (χ4v) is 3.09. The molecule has 0 spiro atoms. The number of thioether (sulfide) groups is 1. The van der Waals surface area contributed by atoms with Gasteiger partial charge in [-0.05, 0) is 17.7 Å². The molecule has 0 aliphatic carbocycles. The molecule has 0 heterocycles. The number of hydrogen-bond acceptors (Lipinski definition) is 2. The van der Waals surface area contributed by atoms with Crippen LogP contribution in [0.1, 0.15) is 35.7 Å².